The van der Waals surface area contributed by atoms with E-state index in [0.29, 0.717) is 5.76 Å². The van der Waals surface area contributed by atoms with Crippen LogP contribution >= 0.6 is 11.6 Å². The van der Waals surface area contributed by atoms with Crippen molar-refractivity contribution in [2.75, 3.05) is 0 Å². The van der Waals surface area contributed by atoms with Gasteiger partial charge in [0.15, 0.2) is 5.82 Å². The maximum absolute atomic E-state index is 12.1. The van der Waals surface area contributed by atoms with E-state index in [9.17, 15) is 4.39 Å². The Balaban J connectivity index is 3.19. The fourth-order valence-corrected chi connectivity index (χ4v) is 0.501. The summed E-state index contributed by atoms with van der Waals surface area (Å²) >= 11 is 5.32. The molecule has 8 heavy (non-hydrogen) atoms. The number of furan rings is 1. The molecule has 44 valence electrons. The number of hydrogen-bond acceptors (Lipinski definition) is 1. The summed E-state index contributed by atoms with van der Waals surface area (Å²) < 4.78 is 16.7. The van der Waals surface area contributed by atoms with Crippen LogP contribution in [0.1, 0.15) is 5.76 Å². The molecule has 0 atom stereocenters. The third-order valence-electron chi connectivity index (χ3n) is 0.858. The van der Waals surface area contributed by atoms with E-state index in [1.807, 2.05) is 0 Å². The third kappa shape index (κ3) is 0.713. The minimum atomic E-state index is -0.496. The largest absolute Gasteiger partial charge is 0.465 e. The van der Waals surface area contributed by atoms with Gasteiger partial charge in [0.25, 0.3) is 0 Å². The lowest BCUT2D eigenvalue weighted by molar-refractivity contribution is 0.511. The first-order chi connectivity index (χ1) is 3.72. The van der Waals surface area contributed by atoms with Gasteiger partial charge in [-0.3, -0.25) is 0 Å². The first kappa shape index (κ1) is 5.63. The van der Waals surface area contributed by atoms with Crippen molar-refractivity contribution >= 4 is 11.6 Å². The molecule has 1 nitrogen and oxygen atoms in total. The number of halogens is 2. The smallest absolute Gasteiger partial charge is 0.180 e. The molecule has 0 saturated carbocycles. The van der Waals surface area contributed by atoms with Gasteiger partial charge in [-0.15, -0.1) is 0 Å². The Morgan fingerprint density at radius 3 is 2.50 bits per heavy atom. The zero-order valence-electron chi connectivity index (χ0n) is 4.24. The van der Waals surface area contributed by atoms with Crippen LogP contribution in [0.4, 0.5) is 4.39 Å². The van der Waals surface area contributed by atoms with Crippen LogP contribution in [-0.4, -0.2) is 0 Å². The second kappa shape index (κ2) is 1.78. The standard InChI is InChI=1S/C5H4ClFO/c1-3-5(6)4(7)2-8-3/h2H,1H3. The van der Waals surface area contributed by atoms with Crippen LogP contribution in [0.5, 0.6) is 0 Å². The van der Waals surface area contributed by atoms with Crippen molar-refractivity contribution in [3.05, 3.63) is 22.9 Å². The molecule has 0 spiro atoms. The summed E-state index contributed by atoms with van der Waals surface area (Å²) in [7, 11) is 0. The number of aryl methyl sites for hydroxylation is 1. The van der Waals surface area contributed by atoms with Crippen molar-refractivity contribution in [2.24, 2.45) is 0 Å². The molecule has 0 aliphatic carbocycles. The molecule has 0 amide bonds. The first-order valence-corrected chi connectivity index (χ1v) is 2.48. The van der Waals surface area contributed by atoms with Crippen LogP contribution in [0.3, 0.4) is 0 Å². The number of hydrogen-bond donors (Lipinski definition) is 0. The Labute approximate surface area is 51.1 Å². The van der Waals surface area contributed by atoms with E-state index in [1.165, 1.54) is 0 Å². The van der Waals surface area contributed by atoms with E-state index >= 15 is 0 Å². The summed E-state index contributed by atoms with van der Waals surface area (Å²) in [6, 6.07) is 0. The van der Waals surface area contributed by atoms with Crippen molar-refractivity contribution in [3.8, 4) is 0 Å². The molecule has 3 heteroatoms. The van der Waals surface area contributed by atoms with E-state index in [-0.39, 0.29) is 5.02 Å². The zero-order chi connectivity index (χ0) is 6.15. The monoisotopic (exact) mass is 134 g/mol. The molecule has 1 aromatic heterocycles. The molecular weight excluding hydrogens is 131 g/mol. The van der Waals surface area contributed by atoms with E-state index in [1.54, 1.807) is 6.92 Å². The molecule has 0 aliphatic rings. The average Bonchev–Trinajstić information content (AvgIpc) is 1.98. The normalized spacial score (nSPS) is 9.88. The predicted molar refractivity (Wildman–Crippen MR) is 28.4 cm³/mol. The van der Waals surface area contributed by atoms with Crippen molar-refractivity contribution in [2.45, 2.75) is 6.92 Å². The van der Waals surface area contributed by atoms with Crippen molar-refractivity contribution in [1.82, 2.24) is 0 Å². The highest BCUT2D eigenvalue weighted by atomic mass is 35.5. The first-order valence-electron chi connectivity index (χ1n) is 2.11. The predicted octanol–water partition coefficient (Wildman–Crippen LogP) is 2.38. The SMILES string of the molecule is Cc1occ(F)c1Cl. The number of rotatable bonds is 0. The summed E-state index contributed by atoms with van der Waals surface area (Å²) in [6.07, 6.45) is 0.984. The lowest BCUT2D eigenvalue weighted by Crippen LogP contribution is -1.64. The van der Waals surface area contributed by atoms with Crippen LogP contribution in [-0.2, 0) is 0 Å². The molecule has 0 N–H and O–H groups in total. The summed E-state index contributed by atoms with van der Waals surface area (Å²) in [5.41, 5.74) is 0. The minimum absolute atomic E-state index is 0.0741. The molecule has 0 unspecified atom stereocenters. The summed E-state index contributed by atoms with van der Waals surface area (Å²) in [5.74, 6) is -0.0756. The second-order valence-electron chi connectivity index (χ2n) is 1.45. The zero-order valence-corrected chi connectivity index (χ0v) is 5.00. The highest BCUT2D eigenvalue weighted by Crippen LogP contribution is 2.19. The van der Waals surface area contributed by atoms with E-state index in [4.69, 9.17) is 11.6 Å². The summed E-state index contributed by atoms with van der Waals surface area (Å²) in [5, 5.41) is 0.0741. The molecule has 0 aromatic carbocycles. The molecule has 1 heterocycles. The Kier molecular flexibility index (Phi) is 1.26. The van der Waals surface area contributed by atoms with Crippen LogP contribution in [0.25, 0.3) is 0 Å². The van der Waals surface area contributed by atoms with E-state index in [2.05, 4.69) is 4.42 Å². The molecule has 1 rings (SSSR count). The van der Waals surface area contributed by atoms with Crippen LogP contribution in [0.15, 0.2) is 10.7 Å². The Hall–Kier alpha value is -0.500. The highest BCUT2D eigenvalue weighted by Gasteiger charge is 2.04. The summed E-state index contributed by atoms with van der Waals surface area (Å²) in [4.78, 5) is 0. The lowest BCUT2D eigenvalue weighted by atomic mass is 10.5. The van der Waals surface area contributed by atoms with Gasteiger partial charge in [0, 0.05) is 0 Å². The molecule has 0 bridgehead atoms. The topological polar surface area (TPSA) is 13.1 Å². The van der Waals surface area contributed by atoms with Gasteiger partial charge in [0.05, 0.1) is 0 Å². The Morgan fingerprint density at radius 2 is 2.38 bits per heavy atom. The van der Waals surface area contributed by atoms with Crippen molar-refractivity contribution in [1.29, 1.82) is 0 Å². The van der Waals surface area contributed by atoms with Gasteiger partial charge in [-0.2, -0.15) is 0 Å². The van der Waals surface area contributed by atoms with Gasteiger partial charge >= 0.3 is 0 Å². The van der Waals surface area contributed by atoms with E-state index < -0.39 is 5.82 Å². The van der Waals surface area contributed by atoms with Gasteiger partial charge in [-0.05, 0) is 6.92 Å². The quantitative estimate of drug-likeness (QED) is 0.531. The second-order valence-corrected chi connectivity index (χ2v) is 1.83. The van der Waals surface area contributed by atoms with Gasteiger partial charge < -0.3 is 4.42 Å². The minimum Gasteiger partial charge on any atom is -0.465 e. The fourth-order valence-electron chi connectivity index (χ4n) is 0.412. The lowest BCUT2D eigenvalue weighted by Gasteiger charge is -1.78. The Morgan fingerprint density at radius 1 is 1.75 bits per heavy atom. The average molecular weight is 135 g/mol. The van der Waals surface area contributed by atoms with Gasteiger partial charge in [-0.25, -0.2) is 4.39 Å². The van der Waals surface area contributed by atoms with Crippen molar-refractivity contribution < 1.29 is 8.81 Å². The van der Waals surface area contributed by atoms with Crippen molar-refractivity contribution in [3.63, 3.8) is 0 Å². The molecular formula is C5H4ClFO. The van der Waals surface area contributed by atoms with Gasteiger partial charge in [0.1, 0.15) is 17.0 Å². The van der Waals surface area contributed by atoms with Crippen LogP contribution < -0.4 is 0 Å². The third-order valence-corrected chi connectivity index (χ3v) is 1.30. The van der Waals surface area contributed by atoms with Crippen LogP contribution in [0, 0.1) is 12.7 Å². The molecule has 0 saturated heterocycles. The maximum Gasteiger partial charge on any atom is 0.180 e. The van der Waals surface area contributed by atoms with Crippen LogP contribution in [0.2, 0.25) is 5.02 Å². The molecule has 1 aromatic rings. The maximum atomic E-state index is 12.1. The fraction of sp³-hybridized carbons (Fsp3) is 0.200. The molecule has 0 radical (unpaired) electrons. The highest BCUT2D eigenvalue weighted by molar-refractivity contribution is 6.31. The molecule has 0 aliphatic heterocycles. The van der Waals surface area contributed by atoms with Gasteiger partial charge in [-0.1, -0.05) is 11.6 Å². The Bertz CT molecular complexity index is 175. The molecule has 0 fully saturated rings. The van der Waals surface area contributed by atoms with E-state index in [0.717, 1.165) is 6.26 Å². The van der Waals surface area contributed by atoms with Gasteiger partial charge in [0.2, 0.25) is 0 Å². The summed E-state index contributed by atoms with van der Waals surface area (Å²) in [6.45, 7) is 1.60.